The summed E-state index contributed by atoms with van der Waals surface area (Å²) in [6.45, 7) is 0.703. The average Bonchev–Trinajstić information content (AvgIpc) is 2.37. The lowest BCUT2D eigenvalue weighted by atomic mass is 10.2. The van der Waals surface area contributed by atoms with Gasteiger partial charge in [-0.15, -0.1) is 11.6 Å². The Kier molecular flexibility index (Phi) is 5.98. The first-order chi connectivity index (χ1) is 9.25. The zero-order chi connectivity index (χ0) is 15.3. The van der Waals surface area contributed by atoms with Crippen LogP contribution in [0.3, 0.4) is 0 Å². The van der Waals surface area contributed by atoms with Gasteiger partial charge in [0.25, 0.3) is 5.91 Å². The van der Waals surface area contributed by atoms with E-state index in [-0.39, 0.29) is 16.2 Å². The number of hydrogen-bond acceptors (Lipinski definition) is 4. The number of alkyl halides is 1. The summed E-state index contributed by atoms with van der Waals surface area (Å²) in [4.78, 5) is 13.8. The Bertz CT molecular complexity index is 556. The molecule has 1 amide bonds. The third-order valence-corrected chi connectivity index (χ3v) is 4.09. The maximum Gasteiger partial charge on any atom is 0.253 e. The molecule has 1 unspecified atom stereocenters. The largest absolute Gasteiger partial charge is 0.383 e. The van der Waals surface area contributed by atoms with Gasteiger partial charge in [0.05, 0.1) is 16.9 Å². The summed E-state index contributed by atoms with van der Waals surface area (Å²) >= 11 is 5.99. The van der Waals surface area contributed by atoms with Gasteiger partial charge in [-0.1, -0.05) is 0 Å². The summed E-state index contributed by atoms with van der Waals surface area (Å²) in [5.41, 5.74) is 0.418. The van der Waals surface area contributed by atoms with Gasteiger partial charge in [0.15, 0.2) is 9.84 Å². The number of nitrogens with zero attached hydrogens (tertiary/aromatic N) is 1. The summed E-state index contributed by atoms with van der Waals surface area (Å²) < 4.78 is 27.6. The predicted molar refractivity (Wildman–Crippen MR) is 78.0 cm³/mol. The van der Waals surface area contributed by atoms with Crippen LogP contribution in [0.1, 0.15) is 10.4 Å². The van der Waals surface area contributed by atoms with Crippen LogP contribution in [0.4, 0.5) is 0 Å². The fourth-order valence-electron chi connectivity index (χ4n) is 1.68. The SMILES string of the molecule is COCC(Cl)CN(C)C(=O)c1ccc(S(C)(=O)=O)cc1. The van der Waals surface area contributed by atoms with Gasteiger partial charge in [0.1, 0.15) is 0 Å². The van der Waals surface area contributed by atoms with Gasteiger partial charge in [-0.2, -0.15) is 0 Å². The second kappa shape index (κ2) is 7.06. The topological polar surface area (TPSA) is 63.7 Å². The van der Waals surface area contributed by atoms with Crippen LogP contribution in [-0.2, 0) is 14.6 Å². The zero-order valence-corrected chi connectivity index (χ0v) is 13.2. The highest BCUT2D eigenvalue weighted by Gasteiger charge is 2.16. The molecule has 5 nitrogen and oxygen atoms in total. The summed E-state index contributed by atoms with van der Waals surface area (Å²) in [5, 5.41) is -0.288. The van der Waals surface area contributed by atoms with Crippen molar-refractivity contribution in [3.63, 3.8) is 0 Å². The van der Waals surface area contributed by atoms with Gasteiger partial charge in [-0.3, -0.25) is 4.79 Å². The van der Waals surface area contributed by atoms with E-state index < -0.39 is 9.84 Å². The molecule has 0 saturated carbocycles. The lowest BCUT2D eigenvalue weighted by Crippen LogP contribution is -2.33. The first-order valence-corrected chi connectivity index (χ1v) is 8.27. The monoisotopic (exact) mass is 319 g/mol. The van der Waals surface area contributed by atoms with E-state index in [2.05, 4.69) is 0 Å². The van der Waals surface area contributed by atoms with E-state index in [0.29, 0.717) is 18.7 Å². The molecule has 0 heterocycles. The smallest absolute Gasteiger partial charge is 0.253 e. The van der Waals surface area contributed by atoms with Crippen molar-refractivity contribution in [2.45, 2.75) is 10.3 Å². The maximum atomic E-state index is 12.1. The Morgan fingerprint density at radius 1 is 1.35 bits per heavy atom. The predicted octanol–water partition coefficient (Wildman–Crippen LogP) is 1.42. The number of methoxy groups -OCH3 is 1. The van der Waals surface area contributed by atoms with E-state index in [9.17, 15) is 13.2 Å². The van der Waals surface area contributed by atoms with Gasteiger partial charge in [0, 0.05) is 32.5 Å². The van der Waals surface area contributed by atoms with Crippen LogP contribution in [0.5, 0.6) is 0 Å². The Labute approximate surface area is 124 Å². The number of sulfone groups is 1. The number of carbonyl (C=O) groups excluding carboxylic acids is 1. The van der Waals surface area contributed by atoms with Crippen molar-refractivity contribution in [1.82, 2.24) is 4.90 Å². The minimum absolute atomic E-state index is 0.186. The number of benzene rings is 1. The molecule has 0 aromatic heterocycles. The molecule has 1 atom stereocenters. The van der Waals surface area contributed by atoms with Gasteiger partial charge >= 0.3 is 0 Å². The fourth-order valence-corrected chi connectivity index (χ4v) is 2.64. The Balaban J connectivity index is 2.77. The van der Waals surface area contributed by atoms with Crippen LogP contribution in [0, 0.1) is 0 Å². The van der Waals surface area contributed by atoms with E-state index in [0.717, 1.165) is 6.26 Å². The van der Waals surface area contributed by atoms with Crippen molar-refractivity contribution < 1.29 is 17.9 Å². The van der Waals surface area contributed by atoms with Crippen LogP contribution in [0.25, 0.3) is 0 Å². The molecule has 0 fully saturated rings. The van der Waals surface area contributed by atoms with E-state index in [4.69, 9.17) is 16.3 Å². The molecule has 0 bridgehead atoms. The number of hydrogen-bond donors (Lipinski definition) is 0. The molecular weight excluding hydrogens is 302 g/mol. The first kappa shape index (κ1) is 16.9. The highest BCUT2D eigenvalue weighted by atomic mass is 35.5. The lowest BCUT2D eigenvalue weighted by molar-refractivity contribution is 0.0781. The molecule has 0 aliphatic heterocycles. The second-order valence-electron chi connectivity index (χ2n) is 4.53. The number of amides is 1. The van der Waals surface area contributed by atoms with Gasteiger partial charge in [0.2, 0.25) is 0 Å². The van der Waals surface area contributed by atoms with Crippen molar-refractivity contribution in [3.8, 4) is 0 Å². The van der Waals surface area contributed by atoms with Crippen molar-refractivity contribution in [2.75, 3.05) is 33.6 Å². The molecule has 0 aliphatic rings. The van der Waals surface area contributed by atoms with Gasteiger partial charge in [-0.05, 0) is 24.3 Å². The van der Waals surface area contributed by atoms with Crippen LogP contribution >= 0.6 is 11.6 Å². The number of rotatable bonds is 6. The molecule has 1 aromatic rings. The molecule has 1 aromatic carbocycles. The minimum Gasteiger partial charge on any atom is -0.383 e. The van der Waals surface area contributed by atoms with E-state index >= 15 is 0 Å². The molecule has 20 heavy (non-hydrogen) atoms. The lowest BCUT2D eigenvalue weighted by Gasteiger charge is -2.20. The summed E-state index contributed by atoms with van der Waals surface area (Å²) in [6.07, 6.45) is 1.12. The normalized spacial score (nSPS) is 13.0. The molecule has 0 spiro atoms. The molecule has 0 saturated heterocycles. The summed E-state index contributed by atoms with van der Waals surface area (Å²) in [7, 11) is -0.0749. The second-order valence-corrected chi connectivity index (χ2v) is 7.17. The maximum absolute atomic E-state index is 12.1. The molecule has 0 N–H and O–H groups in total. The van der Waals surface area contributed by atoms with Crippen LogP contribution in [0.15, 0.2) is 29.2 Å². The molecule has 1 rings (SSSR count). The Morgan fingerprint density at radius 2 is 1.90 bits per heavy atom. The van der Waals surface area contributed by atoms with Crippen LogP contribution < -0.4 is 0 Å². The summed E-state index contributed by atoms with van der Waals surface area (Å²) in [6, 6.07) is 5.83. The Hall–Kier alpha value is -1.11. The van der Waals surface area contributed by atoms with E-state index in [1.807, 2.05) is 0 Å². The van der Waals surface area contributed by atoms with Crippen molar-refractivity contribution in [2.24, 2.45) is 0 Å². The van der Waals surface area contributed by atoms with Crippen LogP contribution in [-0.4, -0.2) is 58.2 Å². The number of ether oxygens (including phenoxy) is 1. The minimum atomic E-state index is -3.25. The third kappa shape index (κ3) is 4.77. The molecule has 7 heteroatoms. The van der Waals surface area contributed by atoms with Crippen molar-refractivity contribution in [1.29, 1.82) is 0 Å². The van der Waals surface area contributed by atoms with E-state index in [1.165, 1.54) is 29.2 Å². The molecule has 112 valence electrons. The van der Waals surface area contributed by atoms with E-state index in [1.54, 1.807) is 14.2 Å². The fraction of sp³-hybridized carbons (Fsp3) is 0.462. The van der Waals surface area contributed by atoms with Crippen LogP contribution in [0.2, 0.25) is 0 Å². The van der Waals surface area contributed by atoms with Gasteiger partial charge in [-0.25, -0.2) is 8.42 Å². The number of halogens is 1. The average molecular weight is 320 g/mol. The Morgan fingerprint density at radius 3 is 2.35 bits per heavy atom. The summed E-state index contributed by atoms with van der Waals surface area (Å²) in [5.74, 6) is -0.216. The highest BCUT2D eigenvalue weighted by molar-refractivity contribution is 7.90. The standard InChI is InChI=1S/C13H18ClNO4S/c1-15(8-11(14)9-19-2)13(16)10-4-6-12(7-5-10)20(3,17)18/h4-7,11H,8-9H2,1-3H3. The third-order valence-electron chi connectivity index (χ3n) is 2.70. The highest BCUT2D eigenvalue weighted by Crippen LogP contribution is 2.12. The molecule has 0 aliphatic carbocycles. The quantitative estimate of drug-likeness (QED) is 0.744. The van der Waals surface area contributed by atoms with Crippen molar-refractivity contribution in [3.05, 3.63) is 29.8 Å². The first-order valence-electron chi connectivity index (χ1n) is 5.94. The van der Waals surface area contributed by atoms with Gasteiger partial charge < -0.3 is 9.64 Å². The number of carbonyl (C=O) groups is 1. The van der Waals surface area contributed by atoms with Crippen molar-refractivity contribution >= 4 is 27.3 Å². The molecule has 0 radical (unpaired) electrons. The zero-order valence-electron chi connectivity index (χ0n) is 11.7. The molecular formula is C13H18ClNO4S.